The summed E-state index contributed by atoms with van der Waals surface area (Å²) < 4.78 is 16.6. The number of aliphatic hydroxyl groups excluding tert-OH is 2. The summed E-state index contributed by atoms with van der Waals surface area (Å²) in [5, 5.41) is 81.0. The van der Waals surface area contributed by atoms with Gasteiger partial charge in [-0.25, -0.2) is 9.36 Å². The fourth-order valence-corrected chi connectivity index (χ4v) is 11.7. The van der Waals surface area contributed by atoms with Crippen LogP contribution in [0.1, 0.15) is 123 Å². The predicted molar refractivity (Wildman–Crippen MR) is 362 cm³/mol. The molecule has 15 amide bonds. The molecule has 2 heterocycles. The number of nitrogens with zero attached hydrogens (tertiary/aromatic N) is 2. The molecule has 45 heteroatoms. The molecule has 0 spiro atoms. The lowest BCUT2D eigenvalue weighted by Gasteiger charge is -2.32. The molecule has 14 atom stereocenters. The third-order valence-electron chi connectivity index (χ3n) is 16.6. The van der Waals surface area contributed by atoms with Crippen molar-refractivity contribution in [1.82, 2.24) is 63.0 Å². The number of amides is 15. The van der Waals surface area contributed by atoms with Gasteiger partial charge in [-0.3, -0.25) is 86.0 Å². The standard InChI is InChI=1S/C62H95N16O28P/c1-28(2)23-39(62(101)102)74-54(93)38(25-45(65)84)73-51(90)33(15-19-47(86)87)68-46(85)26-67-56(95)41-7-5-21-77(41)60(99)35(14-18-44(64)83)70-53(92)37(24-31-9-11-32(81)12-10-31)72-52(91)34(13-17-43(63)82)69-57(96)42-8-6-22-78(42)61(100)36(16-20-48(88)89)71-59(98)50(30(4)106-107(103,104)105)76-55(94)40(27-79)75-58(97)49(66)29(3)80/h9-12,28-30,33-42,49-50,79-81H,5-8,13-27,66H2,1-4H3,(H2,63,82)(H2,64,83)(H2,65,84)(H,67,95)(H,68,85)(H,69,96)(H,70,92)(H,71,98)(H,72,91)(H,73,90)(H,74,93)(H,75,97)(H,76,94)(H,86,87)(H,88,89)(H,101,102)(H2,103,104,105)/t29-,30-,33+,34+,35+,36+,37+,38+,39+,40+,41+,42+,49+,50+/m1/s1. The zero-order valence-electron chi connectivity index (χ0n) is 58.8. The van der Waals surface area contributed by atoms with Crippen LogP contribution >= 0.6 is 7.82 Å². The first-order valence-electron chi connectivity index (χ1n) is 33.6. The van der Waals surface area contributed by atoms with E-state index in [-0.39, 0.29) is 62.4 Å². The summed E-state index contributed by atoms with van der Waals surface area (Å²) in [4.78, 5) is 260. The number of phenolic OH excluding ortho intramolecular Hbond substituents is 1. The number of rotatable bonds is 46. The molecule has 2 aliphatic heterocycles. The highest BCUT2D eigenvalue weighted by molar-refractivity contribution is 7.46. The van der Waals surface area contributed by atoms with E-state index in [0.717, 1.165) is 23.6 Å². The van der Waals surface area contributed by atoms with Gasteiger partial charge in [0.1, 0.15) is 78.3 Å². The molecule has 3 rings (SSSR count). The van der Waals surface area contributed by atoms with Crippen LogP contribution in [0.5, 0.6) is 5.75 Å². The first kappa shape index (κ1) is 90.7. The maximum Gasteiger partial charge on any atom is 0.469 e. The molecule has 0 unspecified atom stereocenters. The quantitative estimate of drug-likeness (QED) is 0.0270. The number of carboxylic acid groups (broad SMARTS) is 3. The predicted octanol–water partition coefficient (Wildman–Crippen LogP) is -9.14. The minimum Gasteiger partial charge on any atom is -0.508 e. The van der Waals surface area contributed by atoms with Gasteiger partial charge in [0.25, 0.3) is 0 Å². The van der Waals surface area contributed by atoms with E-state index in [1.54, 1.807) is 13.8 Å². The number of benzene rings is 1. The second kappa shape index (κ2) is 43.2. The number of aromatic hydroxyl groups is 1. The van der Waals surface area contributed by atoms with E-state index in [1.165, 1.54) is 24.3 Å². The molecule has 1 aromatic rings. The van der Waals surface area contributed by atoms with Crippen molar-refractivity contribution in [3.8, 4) is 5.75 Å². The number of nitrogens with one attached hydrogen (secondary N) is 10. The van der Waals surface area contributed by atoms with Crippen LogP contribution in [0, 0.1) is 5.92 Å². The van der Waals surface area contributed by atoms with Gasteiger partial charge in [-0.2, -0.15) is 0 Å². The summed E-state index contributed by atoms with van der Waals surface area (Å²) in [6.07, 6.45) is -10.4. The largest absolute Gasteiger partial charge is 0.508 e. The number of carboxylic acids is 3. The average Bonchev–Trinajstić information content (AvgIpc) is 1.76. The smallest absolute Gasteiger partial charge is 0.469 e. The summed E-state index contributed by atoms with van der Waals surface area (Å²) in [6.45, 7) is 2.71. The van der Waals surface area contributed by atoms with Crippen LogP contribution in [-0.2, 0) is 102 Å². The Morgan fingerprint density at radius 2 is 0.963 bits per heavy atom. The Balaban J connectivity index is 1.95. The molecule has 1 aromatic carbocycles. The first-order chi connectivity index (χ1) is 49.9. The number of hydrogen-bond donors (Lipinski definition) is 22. The van der Waals surface area contributed by atoms with E-state index < -0.39 is 276 Å². The van der Waals surface area contributed by atoms with Gasteiger partial charge < -0.3 is 126 Å². The number of nitrogens with two attached hydrogens (primary N) is 4. The number of carbonyl (C=O) groups excluding carboxylic acids is 15. The third kappa shape index (κ3) is 31.2. The second-order valence-electron chi connectivity index (χ2n) is 25.8. The van der Waals surface area contributed by atoms with Gasteiger partial charge in [-0.05, 0) is 95.2 Å². The number of carbonyl (C=O) groups is 18. The molecule has 0 saturated carbocycles. The highest BCUT2D eigenvalue weighted by Gasteiger charge is 2.44. The lowest BCUT2D eigenvalue weighted by Crippen LogP contribution is -2.62. The normalized spacial score (nSPS) is 17.5. The Morgan fingerprint density at radius 3 is 1.44 bits per heavy atom. The summed E-state index contributed by atoms with van der Waals surface area (Å²) in [5.41, 5.74) is 22.1. The van der Waals surface area contributed by atoms with E-state index in [2.05, 4.69) is 47.1 Å². The Labute approximate surface area is 610 Å². The topological polar surface area (TPSA) is 726 Å². The van der Waals surface area contributed by atoms with Gasteiger partial charge >= 0.3 is 25.7 Å². The number of phenols is 1. The van der Waals surface area contributed by atoms with Gasteiger partial charge in [0.05, 0.1) is 31.8 Å². The third-order valence-corrected chi connectivity index (χ3v) is 17.2. The summed E-state index contributed by atoms with van der Waals surface area (Å²) in [7, 11) is -5.52. The molecule has 0 aromatic heterocycles. The molecule has 0 radical (unpaired) electrons. The van der Waals surface area contributed by atoms with Crippen LogP contribution in [0.2, 0.25) is 0 Å². The molecule has 2 fully saturated rings. The average molecular weight is 1540 g/mol. The van der Waals surface area contributed by atoms with Crippen LogP contribution in [0.3, 0.4) is 0 Å². The molecular formula is C62H95N16O28P. The van der Waals surface area contributed by atoms with Crippen molar-refractivity contribution in [2.45, 2.75) is 209 Å². The van der Waals surface area contributed by atoms with Gasteiger partial charge in [0, 0.05) is 45.2 Å². The molecule has 44 nitrogen and oxygen atoms in total. The maximum atomic E-state index is 14.7. The molecule has 0 aliphatic carbocycles. The van der Waals surface area contributed by atoms with Crippen LogP contribution < -0.4 is 76.1 Å². The minimum absolute atomic E-state index is 0.0261. The van der Waals surface area contributed by atoms with Gasteiger partial charge in [-0.1, -0.05) is 26.0 Å². The fourth-order valence-electron chi connectivity index (χ4n) is 11.1. The minimum atomic E-state index is -5.52. The Hall–Kier alpha value is -10.5. The van der Waals surface area contributed by atoms with Crippen LogP contribution in [0.25, 0.3) is 0 Å². The monoisotopic (exact) mass is 1540 g/mol. The zero-order chi connectivity index (χ0) is 80.9. The van der Waals surface area contributed by atoms with E-state index >= 15 is 0 Å². The molecule has 26 N–H and O–H groups in total. The summed E-state index contributed by atoms with van der Waals surface area (Å²) >= 11 is 0. The number of phosphoric acid groups is 1. The van der Waals surface area contributed by atoms with Gasteiger partial charge in [0.15, 0.2) is 0 Å². The number of primary amides is 3. The molecule has 596 valence electrons. The van der Waals surface area contributed by atoms with Crippen LogP contribution in [0.4, 0.5) is 0 Å². The van der Waals surface area contributed by atoms with E-state index in [0.29, 0.717) is 0 Å². The second-order valence-corrected chi connectivity index (χ2v) is 27.0. The van der Waals surface area contributed by atoms with Crippen LogP contribution in [-0.4, -0.2) is 268 Å². The van der Waals surface area contributed by atoms with Crippen molar-refractivity contribution in [3.05, 3.63) is 29.8 Å². The Bertz CT molecular complexity index is 3470. The van der Waals surface area contributed by atoms with Crippen molar-refractivity contribution < 1.29 is 136 Å². The van der Waals surface area contributed by atoms with E-state index in [1.807, 2.05) is 10.6 Å². The Morgan fingerprint density at radius 1 is 0.533 bits per heavy atom. The summed E-state index contributed by atoms with van der Waals surface area (Å²) in [5.74, 6) is -22.3. The van der Waals surface area contributed by atoms with Crippen molar-refractivity contribution >= 4 is 114 Å². The Kier molecular flexibility index (Phi) is 36.6. The van der Waals surface area contributed by atoms with Crippen molar-refractivity contribution in [3.63, 3.8) is 0 Å². The van der Waals surface area contributed by atoms with Crippen LogP contribution in [0.15, 0.2) is 24.3 Å². The molecule has 2 saturated heterocycles. The molecule has 107 heavy (non-hydrogen) atoms. The van der Waals surface area contributed by atoms with Crippen molar-refractivity contribution in [2.75, 3.05) is 26.2 Å². The molecule has 2 aliphatic rings. The number of phosphoric ester groups is 1. The number of aliphatic carboxylic acids is 3. The number of aliphatic hydroxyl groups is 2. The molecule has 0 bridgehead atoms. The molecular weight excluding hydrogens is 1450 g/mol. The fraction of sp³-hybridized carbons (Fsp3) is 0.613. The van der Waals surface area contributed by atoms with Crippen molar-refractivity contribution in [1.29, 1.82) is 0 Å². The highest BCUT2D eigenvalue weighted by atomic mass is 31.2. The highest BCUT2D eigenvalue weighted by Crippen LogP contribution is 2.38. The van der Waals surface area contributed by atoms with Gasteiger partial charge in [0.2, 0.25) is 88.6 Å². The van der Waals surface area contributed by atoms with E-state index in [9.17, 15) is 131 Å². The number of hydrogen-bond acceptors (Lipinski definition) is 24. The lowest BCUT2D eigenvalue weighted by molar-refractivity contribution is -0.144. The SMILES string of the molecule is CC(C)C[C@H](NC(=O)[C@H](CC(N)=O)NC(=O)[C@H](CCC(=O)O)NC(=O)CNC(=O)[C@@H]1CCCN1C(=O)[C@H](CCC(N)=O)NC(=O)[C@H](Cc1ccc(O)cc1)NC(=O)[C@H](CCC(N)=O)NC(=O)[C@@H]1CCCN1C(=O)[C@H](CCC(=O)O)NC(=O)[C@@H](NC(=O)[C@H](CO)NC(=O)[C@@H](N)[C@@H](C)O)[C@@H](C)OP(=O)(O)O)C(=O)O. The maximum absolute atomic E-state index is 14.7. The van der Waals surface area contributed by atoms with E-state index in [4.69, 9.17) is 22.9 Å². The van der Waals surface area contributed by atoms with Crippen molar-refractivity contribution in [2.24, 2.45) is 28.9 Å². The van der Waals surface area contributed by atoms with Gasteiger partial charge in [-0.15, -0.1) is 0 Å². The lowest BCUT2D eigenvalue weighted by atomic mass is 10.0. The first-order valence-corrected chi connectivity index (χ1v) is 35.1. The summed E-state index contributed by atoms with van der Waals surface area (Å²) in [6, 6.07) is -16.1. The number of likely N-dealkylation sites (tertiary alicyclic amines) is 2. The zero-order valence-corrected chi connectivity index (χ0v) is 59.7.